The molecule has 9 nitrogen and oxygen atoms in total. The number of thiophene rings is 1. The van der Waals surface area contributed by atoms with Crippen LogP contribution in [0.25, 0.3) is 10.7 Å². The Bertz CT molecular complexity index is 1060. The Labute approximate surface area is 172 Å². The maximum absolute atomic E-state index is 12.7. The first-order valence-corrected chi connectivity index (χ1v) is 10.8. The Morgan fingerprint density at radius 2 is 1.93 bits per heavy atom. The first-order valence-electron chi connectivity index (χ1n) is 8.52. The highest BCUT2D eigenvalue weighted by Crippen LogP contribution is 2.22. The summed E-state index contributed by atoms with van der Waals surface area (Å²) in [5.74, 6) is 0.865. The lowest BCUT2D eigenvalue weighted by atomic mass is 10.3. The number of rotatable bonds is 8. The molecule has 0 aliphatic rings. The number of aromatic nitrogens is 2. The van der Waals surface area contributed by atoms with Gasteiger partial charge in [0, 0.05) is 14.1 Å². The van der Waals surface area contributed by atoms with E-state index in [2.05, 4.69) is 10.1 Å². The molecule has 3 aromatic rings. The van der Waals surface area contributed by atoms with E-state index in [9.17, 15) is 13.2 Å². The molecule has 11 heteroatoms. The highest BCUT2D eigenvalue weighted by atomic mass is 32.2. The van der Waals surface area contributed by atoms with Gasteiger partial charge >= 0.3 is 0 Å². The zero-order chi connectivity index (χ0) is 21.0. The lowest BCUT2D eigenvalue weighted by Gasteiger charge is -2.20. The number of benzene rings is 1. The molecule has 0 aliphatic heterocycles. The van der Waals surface area contributed by atoms with Gasteiger partial charge in [-0.2, -0.15) is 9.29 Å². The van der Waals surface area contributed by atoms with Crippen molar-refractivity contribution in [1.82, 2.24) is 19.3 Å². The molecule has 0 unspecified atom stereocenters. The van der Waals surface area contributed by atoms with Crippen molar-refractivity contribution in [3.05, 3.63) is 47.7 Å². The molecule has 0 atom stereocenters. The first-order chi connectivity index (χ1) is 13.8. The second kappa shape index (κ2) is 8.72. The summed E-state index contributed by atoms with van der Waals surface area (Å²) in [5.41, 5.74) is 0. The van der Waals surface area contributed by atoms with Crippen molar-refractivity contribution in [2.75, 3.05) is 27.7 Å². The normalized spacial score (nSPS) is 11.6. The summed E-state index contributed by atoms with van der Waals surface area (Å²) in [6.45, 7) is -0.246. The molecule has 3 rings (SSSR count). The summed E-state index contributed by atoms with van der Waals surface area (Å²) in [4.78, 5) is 19.0. The van der Waals surface area contributed by atoms with Gasteiger partial charge in [0.15, 0.2) is 0 Å². The molecule has 0 bridgehead atoms. The third-order valence-electron chi connectivity index (χ3n) is 4.13. The van der Waals surface area contributed by atoms with Crippen molar-refractivity contribution in [2.45, 2.75) is 11.4 Å². The number of nitrogens with zero attached hydrogens (tertiary/aromatic N) is 4. The number of amides is 1. The van der Waals surface area contributed by atoms with Crippen LogP contribution in [0.15, 0.2) is 51.2 Å². The second-order valence-electron chi connectivity index (χ2n) is 6.18. The predicted octanol–water partition coefficient (Wildman–Crippen LogP) is 2.09. The fourth-order valence-electron chi connectivity index (χ4n) is 2.44. The van der Waals surface area contributed by atoms with E-state index in [0.717, 1.165) is 9.18 Å². The Morgan fingerprint density at radius 3 is 2.55 bits per heavy atom. The molecule has 0 spiro atoms. The number of carbonyl (C=O) groups excluding carboxylic acids is 1. The molecule has 0 saturated heterocycles. The van der Waals surface area contributed by atoms with Crippen molar-refractivity contribution in [3.8, 4) is 16.5 Å². The van der Waals surface area contributed by atoms with Crippen molar-refractivity contribution in [3.63, 3.8) is 0 Å². The van der Waals surface area contributed by atoms with Crippen LogP contribution in [0.1, 0.15) is 5.89 Å². The number of sulfonamides is 1. The van der Waals surface area contributed by atoms with E-state index in [1.54, 1.807) is 19.2 Å². The van der Waals surface area contributed by atoms with Crippen molar-refractivity contribution in [1.29, 1.82) is 0 Å². The van der Waals surface area contributed by atoms with E-state index in [1.807, 2.05) is 17.5 Å². The van der Waals surface area contributed by atoms with Crippen molar-refractivity contribution < 1.29 is 22.5 Å². The van der Waals surface area contributed by atoms with Gasteiger partial charge in [0.05, 0.1) is 30.0 Å². The fraction of sp³-hybridized carbons (Fsp3) is 0.278. The molecule has 0 radical (unpaired) electrons. The molecule has 0 fully saturated rings. The van der Waals surface area contributed by atoms with E-state index in [1.165, 1.54) is 42.5 Å². The molecule has 0 N–H and O–H groups in total. The summed E-state index contributed by atoms with van der Waals surface area (Å²) in [6, 6.07) is 9.72. The number of hydrogen-bond acceptors (Lipinski definition) is 8. The summed E-state index contributed by atoms with van der Waals surface area (Å²) < 4.78 is 36.5. The van der Waals surface area contributed by atoms with Gasteiger partial charge in [-0.05, 0) is 35.7 Å². The number of hydrogen-bond donors (Lipinski definition) is 0. The SMILES string of the molecule is COc1ccc(S(=O)(=O)N(C)CC(=O)N(C)Cc2nc(-c3cccs3)no2)cc1. The smallest absolute Gasteiger partial charge is 0.246 e. The zero-order valence-corrected chi connectivity index (χ0v) is 17.7. The highest BCUT2D eigenvalue weighted by Gasteiger charge is 2.25. The predicted molar refractivity (Wildman–Crippen MR) is 107 cm³/mol. The maximum atomic E-state index is 12.7. The summed E-state index contributed by atoms with van der Waals surface area (Å²) >= 11 is 1.48. The highest BCUT2D eigenvalue weighted by molar-refractivity contribution is 7.89. The molecule has 0 aliphatic carbocycles. The first kappa shape index (κ1) is 21.0. The number of likely N-dealkylation sites (N-methyl/N-ethyl adjacent to an activating group) is 2. The van der Waals surface area contributed by atoms with E-state index < -0.39 is 15.9 Å². The van der Waals surface area contributed by atoms with Gasteiger partial charge in [-0.25, -0.2) is 8.42 Å². The third-order valence-corrected chi connectivity index (χ3v) is 6.82. The molecule has 154 valence electrons. The zero-order valence-electron chi connectivity index (χ0n) is 16.1. The van der Waals surface area contributed by atoms with Crippen LogP contribution in [0.5, 0.6) is 5.75 Å². The quantitative estimate of drug-likeness (QED) is 0.532. The molecule has 1 aromatic carbocycles. The summed E-state index contributed by atoms with van der Waals surface area (Å²) in [7, 11) is 0.587. The minimum atomic E-state index is -3.81. The van der Waals surface area contributed by atoms with Gasteiger partial charge in [0.2, 0.25) is 27.6 Å². The topological polar surface area (TPSA) is 106 Å². The van der Waals surface area contributed by atoms with Gasteiger partial charge in [-0.3, -0.25) is 4.79 Å². The molecule has 0 saturated carbocycles. The minimum Gasteiger partial charge on any atom is -0.497 e. The standard InChI is InChI=1S/C18H20N4O5S2/c1-21(11-16-19-18(20-27-16)15-5-4-10-28-15)17(23)12-22(2)29(24,25)14-8-6-13(26-3)7-9-14/h4-10H,11-12H2,1-3H3. The fourth-order valence-corrected chi connectivity index (χ4v) is 4.21. The third kappa shape index (κ3) is 4.81. The van der Waals surface area contributed by atoms with Crippen LogP contribution in [0.4, 0.5) is 0 Å². The van der Waals surface area contributed by atoms with Crippen LogP contribution in [0.3, 0.4) is 0 Å². The Kier molecular flexibility index (Phi) is 6.30. The van der Waals surface area contributed by atoms with E-state index >= 15 is 0 Å². The van der Waals surface area contributed by atoms with Crippen LogP contribution in [0.2, 0.25) is 0 Å². The van der Waals surface area contributed by atoms with Crippen LogP contribution in [-0.2, 0) is 21.4 Å². The van der Waals surface area contributed by atoms with E-state index in [4.69, 9.17) is 9.26 Å². The number of carbonyl (C=O) groups is 1. The molecular weight excluding hydrogens is 416 g/mol. The van der Waals surface area contributed by atoms with Crippen LogP contribution in [-0.4, -0.2) is 61.4 Å². The molecular formula is C18H20N4O5S2. The van der Waals surface area contributed by atoms with Gasteiger partial charge in [-0.1, -0.05) is 11.2 Å². The number of methoxy groups -OCH3 is 1. The summed E-state index contributed by atoms with van der Waals surface area (Å²) in [5, 5.41) is 5.80. The Hall–Kier alpha value is -2.76. The van der Waals surface area contributed by atoms with Crippen molar-refractivity contribution >= 4 is 27.3 Å². The lowest BCUT2D eigenvalue weighted by Crippen LogP contribution is -2.39. The van der Waals surface area contributed by atoms with Gasteiger partial charge in [0.1, 0.15) is 5.75 Å². The monoisotopic (exact) mass is 436 g/mol. The van der Waals surface area contributed by atoms with Gasteiger partial charge < -0.3 is 14.2 Å². The molecule has 2 aromatic heterocycles. The average molecular weight is 437 g/mol. The summed E-state index contributed by atoms with van der Waals surface area (Å²) in [6.07, 6.45) is 0. The maximum Gasteiger partial charge on any atom is 0.246 e. The lowest BCUT2D eigenvalue weighted by molar-refractivity contribution is -0.130. The average Bonchev–Trinajstić information content (AvgIpc) is 3.39. The molecule has 1 amide bonds. The van der Waals surface area contributed by atoms with Gasteiger partial charge in [-0.15, -0.1) is 11.3 Å². The second-order valence-corrected chi connectivity index (χ2v) is 9.17. The number of ether oxygens (including phenoxy) is 1. The van der Waals surface area contributed by atoms with Crippen molar-refractivity contribution in [2.24, 2.45) is 0 Å². The molecule has 29 heavy (non-hydrogen) atoms. The Morgan fingerprint density at radius 1 is 1.21 bits per heavy atom. The van der Waals surface area contributed by atoms with Crippen LogP contribution < -0.4 is 4.74 Å². The minimum absolute atomic E-state index is 0.0770. The largest absolute Gasteiger partial charge is 0.497 e. The van der Waals surface area contributed by atoms with E-state index in [0.29, 0.717) is 11.6 Å². The van der Waals surface area contributed by atoms with Crippen LogP contribution >= 0.6 is 11.3 Å². The van der Waals surface area contributed by atoms with Crippen LogP contribution in [0, 0.1) is 0 Å². The Balaban J connectivity index is 1.62. The molecule has 2 heterocycles. The van der Waals surface area contributed by atoms with E-state index in [-0.39, 0.29) is 23.9 Å². The van der Waals surface area contributed by atoms with Gasteiger partial charge in [0.25, 0.3) is 0 Å².